The molecule has 0 spiro atoms. The largest absolute Gasteiger partial charge is 0.493 e. The molecule has 1 amide bonds. The second-order valence-corrected chi connectivity index (χ2v) is 5.99. The zero-order valence-corrected chi connectivity index (χ0v) is 15.3. The third kappa shape index (κ3) is 5.14. The fourth-order valence-electron chi connectivity index (χ4n) is 2.53. The maximum absolute atomic E-state index is 12.2. The van der Waals surface area contributed by atoms with Gasteiger partial charge >= 0.3 is 0 Å². The zero-order valence-electron chi connectivity index (χ0n) is 15.3. The van der Waals surface area contributed by atoms with Gasteiger partial charge in [-0.2, -0.15) is 0 Å². The van der Waals surface area contributed by atoms with E-state index in [0.717, 1.165) is 12.8 Å². The standard InChI is InChI=1S/C20H26N2O3/c1-22(2)17-10-7-15(8-11-17)6-5-13-21-20(23)16-9-12-18(24-3)19(14-16)25-4/h7-12,14H,5-6,13H2,1-4H3,(H,21,23). The predicted molar refractivity (Wildman–Crippen MR) is 101 cm³/mol. The van der Waals surface area contributed by atoms with Crippen molar-refractivity contribution in [2.75, 3.05) is 39.8 Å². The molecule has 134 valence electrons. The van der Waals surface area contributed by atoms with Crippen LogP contribution in [0.1, 0.15) is 22.3 Å². The topological polar surface area (TPSA) is 50.8 Å². The molecule has 2 aromatic rings. The molecule has 0 fully saturated rings. The molecular weight excluding hydrogens is 316 g/mol. The van der Waals surface area contributed by atoms with Gasteiger partial charge in [-0.25, -0.2) is 0 Å². The lowest BCUT2D eigenvalue weighted by Crippen LogP contribution is -2.24. The Labute approximate surface area is 149 Å². The van der Waals surface area contributed by atoms with Crippen LogP contribution < -0.4 is 19.7 Å². The molecule has 0 saturated carbocycles. The average Bonchev–Trinajstić information content (AvgIpc) is 2.64. The minimum atomic E-state index is -0.107. The highest BCUT2D eigenvalue weighted by molar-refractivity contribution is 5.94. The average molecular weight is 342 g/mol. The molecule has 2 rings (SSSR count). The van der Waals surface area contributed by atoms with Crippen LogP contribution in [0.15, 0.2) is 42.5 Å². The maximum atomic E-state index is 12.2. The molecule has 5 nitrogen and oxygen atoms in total. The number of methoxy groups -OCH3 is 2. The Morgan fingerprint density at radius 2 is 1.68 bits per heavy atom. The molecule has 2 aromatic carbocycles. The van der Waals surface area contributed by atoms with Crippen LogP contribution in [0, 0.1) is 0 Å². The van der Waals surface area contributed by atoms with Crippen molar-refractivity contribution < 1.29 is 14.3 Å². The summed E-state index contributed by atoms with van der Waals surface area (Å²) in [5.74, 6) is 1.06. The number of nitrogens with zero attached hydrogens (tertiary/aromatic N) is 1. The quantitative estimate of drug-likeness (QED) is 0.749. The summed E-state index contributed by atoms with van der Waals surface area (Å²) in [5, 5.41) is 2.94. The molecule has 0 bridgehead atoms. The number of carbonyl (C=O) groups excluding carboxylic acids is 1. The third-order valence-corrected chi connectivity index (χ3v) is 4.03. The summed E-state index contributed by atoms with van der Waals surface area (Å²) in [6.45, 7) is 0.628. The SMILES string of the molecule is COc1ccc(C(=O)NCCCc2ccc(N(C)C)cc2)cc1OC. The van der Waals surface area contributed by atoms with E-state index < -0.39 is 0 Å². The number of amides is 1. The highest BCUT2D eigenvalue weighted by Crippen LogP contribution is 2.27. The van der Waals surface area contributed by atoms with Crippen LogP contribution in [0.5, 0.6) is 11.5 Å². The molecule has 0 heterocycles. The van der Waals surface area contributed by atoms with E-state index >= 15 is 0 Å². The van der Waals surface area contributed by atoms with Gasteiger partial charge in [0.15, 0.2) is 11.5 Å². The summed E-state index contributed by atoms with van der Waals surface area (Å²) in [4.78, 5) is 14.3. The number of hydrogen-bond acceptors (Lipinski definition) is 4. The van der Waals surface area contributed by atoms with Crippen LogP contribution in [-0.2, 0) is 6.42 Å². The van der Waals surface area contributed by atoms with Gasteiger partial charge in [-0.1, -0.05) is 12.1 Å². The van der Waals surface area contributed by atoms with Crippen LogP contribution in [0.25, 0.3) is 0 Å². The fourth-order valence-corrected chi connectivity index (χ4v) is 2.53. The van der Waals surface area contributed by atoms with Crippen LogP contribution in [0.4, 0.5) is 5.69 Å². The summed E-state index contributed by atoms with van der Waals surface area (Å²) in [6.07, 6.45) is 1.82. The number of benzene rings is 2. The fraction of sp³-hybridized carbons (Fsp3) is 0.350. The van der Waals surface area contributed by atoms with Crippen molar-refractivity contribution >= 4 is 11.6 Å². The molecule has 0 aromatic heterocycles. The van der Waals surface area contributed by atoms with Crippen molar-refractivity contribution in [1.29, 1.82) is 0 Å². The first kappa shape index (κ1) is 18.6. The number of hydrogen-bond donors (Lipinski definition) is 1. The Morgan fingerprint density at radius 3 is 2.28 bits per heavy atom. The first-order chi connectivity index (χ1) is 12.0. The third-order valence-electron chi connectivity index (χ3n) is 4.03. The van der Waals surface area contributed by atoms with Crippen LogP contribution in [0.3, 0.4) is 0 Å². The zero-order chi connectivity index (χ0) is 18.2. The molecule has 1 N–H and O–H groups in total. The molecular formula is C20H26N2O3. The number of anilines is 1. The maximum Gasteiger partial charge on any atom is 0.251 e. The molecule has 0 radical (unpaired) electrons. The summed E-state index contributed by atoms with van der Waals surface area (Å²) in [7, 11) is 7.18. The Kier molecular flexibility index (Phi) is 6.69. The van der Waals surface area contributed by atoms with E-state index in [-0.39, 0.29) is 5.91 Å². The van der Waals surface area contributed by atoms with Gasteiger partial charge in [0.1, 0.15) is 0 Å². The van der Waals surface area contributed by atoms with E-state index in [4.69, 9.17) is 9.47 Å². The van der Waals surface area contributed by atoms with E-state index in [0.29, 0.717) is 23.6 Å². The minimum Gasteiger partial charge on any atom is -0.493 e. The van der Waals surface area contributed by atoms with Crippen LogP contribution in [0.2, 0.25) is 0 Å². The lowest BCUT2D eigenvalue weighted by Gasteiger charge is -2.13. The van der Waals surface area contributed by atoms with Gasteiger partial charge in [0, 0.05) is 31.9 Å². The van der Waals surface area contributed by atoms with E-state index in [1.807, 2.05) is 14.1 Å². The summed E-state index contributed by atoms with van der Waals surface area (Å²) >= 11 is 0. The molecule has 0 atom stereocenters. The van der Waals surface area contributed by atoms with E-state index in [2.05, 4.69) is 34.5 Å². The summed E-state index contributed by atoms with van der Waals surface area (Å²) in [6, 6.07) is 13.6. The Morgan fingerprint density at radius 1 is 1.00 bits per heavy atom. The van der Waals surface area contributed by atoms with Crippen molar-refractivity contribution in [3.8, 4) is 11.5 Å². The van der Waals surface area contributed by atoms with Crippen molar-refractivity contribution in [2.45, 2.75) is 12.8 Å². The number of nitrogens with one attached hydrogen (secondary N) is 1. The predicted octanol–water partition coefficient (Wildman–Crippen LogP) is 3.13. The van der Waals surface area contributed by atoms with Crippen LogP contribution in [-0.4, -0.2) is 40.8 Å². The first-order valence-corrected chi connectivity index (χ1v) is 8.31. The highest BCUT2D eigenvalue weighted by Gasteiger charge is 2.10. The van der Waals surface area contributed by atoms with Crippen molar-refractivity contribution in [2.24, 2.45) is 0 Å². The Balaban J connectivity index is 1.82. The monoisotopic (exact) mass is 342 g/mol. The van der Waals surface area contributed by atoms with Gasteiger partial charge < -0.3 is 19.7 Å². The van der Waals surface area contributed by atoms with Gasteiger partial charge in [0.25, 0.3) is 5.91 Å². The molecule has 0 saturated heterocycles. The molecule has 0 unspecified atom stereocenters. The van der Waals surface area contributed by atoms with Gasteiger partial charge in [-0.3, -0.25) is 4.79 Å². The van der Waals surface area contributed by atoms with Gasteiger partial charge in [-0.05, 0) is 48.7 Å². The van der Waals surface area contributed by atoms with E-state index in [1.165, 1.54) is 11.3 Å². The second kappa shape index (κ2) is 8.97. The number of ether oxygens (including phenoxy) is 2. The minimum absolute atomic E-state index is 0.107. The van der Waals surface area contributed by atoms with Crippen molar-refractivity contribution in [3.63, 3.8) is 0 Å². The lowest BCUT2D eigenvalue weighted by molar-refractivity contribution is 0.0953. The molecule has 0 aliphatic heterocycles. The second-order valence-electron chi connectivity index (χ2n) is 5.99. The molecule has 25 heavy (non-hydrogen) atoms. The summed E-state index contributed by atoms with van der Waals surface area (Å²) < 4.78 is 10.4. The Bertz CT molecular complexity index is 697. The highest BCUT2D eigenvalue weighted by atomic mass is 16.5. The van der Waals surface area contributed by atoms with Crippen molar-refractivity contribution in [3.05, 3.63) is 53.6 Å². The lowest BCUT2D eigenvalue weighted by atomic mass is 10.1. The van der Waals surface area contributed by atoms with E-state index in [1.54, 1.807) is 32.4 Å². The number of aryl methyl sites for hydroxylation is 1. The Hall–Kier alpha value is -2.69. The normalized spacial score (nSPS) is 10.2. The molecule has 0 aliphatic carbocycles. The van der Waals surface area contributed by atoms with Gasteiger partial charge in [-0.15, -0.1) is 0 Å². The smallest absolute Gasteiger partial charge is 0.251 e. The first-order valence-electron chi connectivity index (χ1n) is 8.31. The number of carbonyl (C=O) groups is 1. The summed E-state index contributed by atoms with van der Waals surface area (Å²) in [5.41, 5.74) is 3.02. The van der Waals surface area contributed by atoms with E-state index in [9.17, 15) is 4.79 Å². The molecule has 5 heteroatoms. The van der Waals surface area contributed by atoms with Gasteiger partial charge in [0.2, 0.25) is 0 Å². The van der Waals surface area contributed by atoms with Crippen LogP contribution >= 0.6 is 0 Å². The van der Waals surface area contributed by atoms with Gasteiger partial charge in [0.05, 0.1) is 14.2 Å². The number of rotatable bonds is 8. The van der Waals surface area contributed by atoms with Crippen molar-refractivity contribution in [1.82, 2.24) is 5.32 Å². The molecule has 0 aliphatic rings.